The number of hydrogen-bond donors (Lipinski definition) is 0. The minimum atomic E-state index is 0. The molecule has 0 aromatic rings. The van der Waals surface area contributed by atoms with E-state index >= 15 is 0 Å². The average molecular weight is 286 g/mol. The van der Waals surface area contributed by atoms with E-state index in [2.05, 4.69) is 36.5 Å². The Balaban J connectivity index is 0.000000980. The molecule has 0 radical (unpaired) electrons. The first kappa shape index (κ1) is 12.2. The SMILES string of the molecule is [Cl-].[Zr+][O]C(C1=CC=CC1)C1=CC=CC1. The molecule has 0 aromatic carbocycles. The van der Waals surface area contributed by atoms with E-state index in [-0.39, 0.29) is 18.5 Å². The van der Waals surface area contributed by atoms with Gasteiger partial charge in [-0.2, -0.15) is 0 Å². The first-order valence-electron chi connectivity index (χ1n) is 4.45. The Labute approximate surface area is 106 Å². The molecule has 0 aliphatic heterocycles. The van der Waals surface area contributed by atoms with Crippen molar-refractivity contribution in [2.24, 2.45) is 0 Å². The quantitative estimate of drug-likeness (QED) is 0.686. The van der Waals surface area contributed by atoms with Gasteiger partial charge in [-0.15, -0.1) is 0 Å². The molecule has 0 N–H and O–H groups in total. The Morgan fingerprint density at radius 3 is 1.86 bits per heavy atom. The molecule has 0 saturated heterocycles. The Morgan fingerprint density at radius 2 is 1.57 bits per heavy atom. The molecule has 1 nitrogen and oxygen atoms in total. The van der Waals surface area contributed by atoms with Crippen LogP contribution in [0.3, 0.4) is 0 Å². The summed E-state index contributed by atoms with van der Waals surface area (Å²) >= 11 is 1.15. The predicted molar refractivity (Wildman–Crippen MR) is 48.6 cm³/mol. The van der Waals surface area contributed by atoms with Crippen LogP contribution >= 0.6 is 0 Å². The fourth-order valence-electron chi connectivity index (χ4n) is 1.71. The third-order valence-corrected chi connectivity index (χ3v) is 2.97. The zero-order chi connectivity index (χ0) is 9.10. The molecule has 0 saturated carbocycles. The van der Waals surface area contributed by atoms with Gasteiger partial charge in [0.25, 0.3) is 0 Å². The molecule has 0 fully saturated rings. The van der Waals surface area contributed by atoms with Crippen molar-refractivity contribution in [2.75, 3.05) is 0 Å². The summed E-state index contributed by atoms with van der Waals surface area (Å²) in [5.74, 6) is 0. The minimum absolute atomic E-state index is 0. The van der Waals surface area contributed by atoms with Crippen LogP contribution in [-0.4, -0.2) is 6.10 Å². The summed E-state index contributed by atoms with van der Waals surface area (Å²) < 4.78 is 5.59. The van der Waals surface area contributed by atoms with Crippen molar-refractivity contribution in [1.82, 2.24) is 0 Å². The summed E-state index contributed by atoms with van der Waals surface area (Å²) in [6, 6.07) is 0. The van der Waals surface area contributed by atoms with Crippen molar-refractivity contribution < 1.29 is 40.4 Å². The zero-order valence-electron chi connectivity index (χ0n) is 7.74. The molecule has 0 spiro atoms. The summed E-state index contributed by atoms with van der Waals surface area (Å²) in [5.41, 5.74) is 2.79. The van der Waals surface area contributed by atoms with Crippen LogP contribution in [0.15, 0.2) is 47.6 Å². The average Bonchev–Trinajstić information content (AvgIpc) is 2.76. The van der Waals surface area contributed by atoms with Crippen LogP contribution in [0.4, 0.5) is 0 Å². The van der Waals surface area contributed by atoms with Gasteiger partial charge in [0.05, 0.1) is 0 Å². The topological polar surface area (TPSA) is 9.23 Å². The van der Waals surface area contributed by atoms with Gasteiger partial charge in [-0.3, -0.25) is 0 Å². The van der Waals surface area contributed by atoms with Gasteiger partial charge >= 0.3 is 94.5 Å². The second kappa shape index (κ2) is 5.85. The molecule has 0 atom stereocenters. The van der Waals surface area contributed by atoms with E-state index in [1.54, 1.807) is 0 Å². The molecule has 0 heterocycles. The van der Waals surface area contributed by atoms with E-state index < -0.39 is 0 Å². The molecule has 0 aromatic heterocycles. The fourth-order valence-corrected chi connectivity index (χ4v) is 2.45. The van der Waals surface area contributed by atoms with Gasteiger partial charge in [0.1, 0.15) is 0 Å². The summed E-state index contributed by atoms with van der Waals surface area (Å²) in [7, 11) is 0. The fraction of sp³-hybridized carbons (Fsp3) is 0.273. The number of allylic oxidation sites excluding steroid dienone is 6. The van der Waals surface area contributed by atoms with Crippen molar-refractivity contribution in [3.8, 4) is 0 Å². The molecule has 2 aliphatic rings. The zero-order valence-corrected chi connectivity index (χ0v) is 11.0. The van der Waals surface area contributed by atoms with Crippen molar-refractivity contribution >= 4 is 0 Å². The second-order valence-electron chi connectivity index (χ2n) is 3.25. The monoisotopic (exact) mass is 284 g/mol. The van der Waals surface area contributed by atoms with Crippen LogP contribution in [0.25, 0.3) is 0 Å². The van der Waals surface area contributed by atoms with E-state index in [1.807, 2.05) is 0 Å². The van der Waals surface area contributed by atoms with E-state index in [9.17, 15) is 0 Å². The standard InChI is InChI=1S/C11H11O.ClH.Zr/c12-11(9-5-1-2-6-9)10-7-3-4-8-10;;/h1-5,7,11H,6,8H2;1H;/q-1;;+2/p-1. The van der Waals surface area contributed by atoms with E-state index in [0.717, 1.165) is 38.0 Å². The van der Waals surface area contributed by atoms with Crippen LogP contribution < -0.4 is 12.4 Å². The van der Waals surface area contributed by atoms with Crippen molar-refractivity contribution in [3.63, 3.8) is 0 Å². The van der Waals surface area contributed by atoms with Gasteiger partial charge in [0, 0.05) is 0 Å². The summed E-state index contributed by atoms with van der Waals surface area (Å²) in [6.45, 7) is 0. The summed E-state index contributed by atoms with van der Waals surface area (Å²) in [4.78, 5) is 0. The number of hydrogen-bond acceptors (Lipinski definition) is 1. The molecular weight excluding hydrogens is 275 g/mol. The first-order valence-corrected chi connectivity index (χ1v) is 5.45. The van der Waals surface area contributed by atoms with Gasteiger partial charge in [0.2, 0.25) is 0 Å². The normalized spacial score (nSPS) is 18.3. The van der Waals surface area contributed by atoms with E-state index in [0.29, 0.717) is 0 Å². The molecular formula is C11H11ClOZr. The number of rotatable bonds is 3. The molecule has 0 amide bonds. The second-order valence-corrected chi connectivity index (χ2v) is 3.82. The van der Waals surface area contributed by atoms with Crippen LogP contribution in [-0.2, 0) is 28.0 Å². The van der Waals surface area contributed by atoms with E-state index in [4.69, 9.17) is 2.81 Å². The maximum atomic E-state index is 5.59. The molecule has 0 unspecified atom stereocenters. The van der Waals surface area contributed by atoms with Gasteiger partial charge in [0.15, 0.2) is 0 Å². The van der Waals surface area contributed by atoms with Crippen LogP contribution in [0.2, 0.25) is 0 Å². The summed E-state index contributed by atoms with van der Waals surface area (Å²) in [5, 5.41) is 0. The van der Waals surface area contributed by atoms with Crippen LogP contribution in [0, 0.1) is 0 Å². The Kier molecular flexibility index (Phi) is 5.08. The Bertz CT molecular complexity index is 285. The molecule has 3 heteroatoms. The van der Waals surface area contributed by atoms with E-state index in [1.165, 1.54) is 11.1 Å². The number of halogens is 1. The van der Waals surface area contributed by atoms with Gasteiger partial charge in [-0.05, 0) is 0 Å². The van der Waals surface area contributed by atoms with Gasteiger partial charge < -0.3 is 12.4 Å². The predicted octanol–water partition coefficient (Wildman–Crippen LogP) is -0.390. The van der Waals surface area contributed by atoms with Gasteiger partial charge in [-0.25, -0.2) is 0 Å². The van der Waals surface area contributed by atoms with Crippen molar-refractivity contribution in [3.05, 3.63) is 47.6 Å². The van der Waals surface area contributed by atoms with Crippen LogP contribution in [0.5, 0.6) is 0 Å². The third-order valence-electron chi connectivity index (χ3n) is 2.39. The maximum absolute atomic E-state index is 5.59. The first-order chi connectivity index (χ1) is 6.42. The third kappa shape index (κ3) is 2.56. The van der Waals surface area contributed by atoms with Crippen LogP contribution in [0.1, 0.15) is 12.8 Å². The molecule has 2 rings (SSSR count). The van der Waals surface area contributed by atoms with Crippen molar-refractivity contribution in [1.29, 1.82) is 0 Å². The van der Waals surface area contributed by atoms with Crippen molar-refractivity contribution in [2.45, 2.75) is 18.9 Å². The molecule has 2 aliphatic carbocycles. The van der Waals surface area contributed by atoms with Gasteiger partial charge in [-0.1, -0.05) is 0 Å². The summed E-state index contributed by atoms with van der Waals surface area (Å²) in [6.07, 6.45) is 15.3. The molecule has 0 bridgehead atoms. The molecule has 72 valence electrons. The Morgan fingerprint density at radius 1 is 1.07 bits per heavy atom. The molecule has 14 heavy (non-hydrogen) atoms. The Hall–Kier alpha value is 0.0931.